The molecule has 88 valence electrons. The number of hydrogen-bond donors (Lipinski definition) is 1. The van der Waals surface area contributed by atoms with Crippen molar-refractivity contribution in [3.63, 3.8) is 0 Å². The molecule has 3 heteroatoms. The molecule has 1 atom stereocenters. The number of benzene rings is 1. The first-order valence-electron chi connectivity index (χ1n) is 5.57. The molecule has 0 aliphatic rings. The normalized spacial score (nSPS) is 12.4. The van der Waals surface area contributed by atoms with Gasteiger partial charge < -0.3 is 9.67 Å². The van der Waals surface area contributed by atoms with Crippen LogP contribution in [0.5, 0.6) is 0 Å². The van der Waals surface area contributed by atoms with Gasteiger partial charge in [0, 0.05) is 12.3 Å². The third-order valence-electron chi connectivity index (χ3n) is 2.70. The van der Waals surface area contributed by atoms with Crippen LogP contribution < -0.4 is 5.56 Å². The summed E-state index contributed by atoms with van der Waals surface area (Å²) in [5.41, 5.74) is 1.84. The summed E-state index contributed by atoms with van der Waals surface area (Å²) in [5, 5.41) is 10.1. The zero-order valence-electron chi connectivity index (χ0n) is 9.71. The second-order valence-corrected chi connectivity index (χ2v) is 4.12. The van der Waals surface area contributed by atoms with Gasteiger partial charge in [0.15, 0.2) is 0 Å². The molecule has 0 bridgehead atoms. The van der Waals surface area contributed by atoms with E-state index < -0.39 is 6.10 Å². The second-order valence-electron chi connectivity index (χ2n) is 4.12. The number of aliphatic hydroxyl groups excluding tert-OH is 1. The van der Waals surface area contributed by atoms with E-state index in [0.29, 0.717) is 0 Å². The van der Waals surface area contributed by atoms with Crippen LogP contribution in [0.3, 0.4) is 0 Å². The van der Waals surface area contributed by atoms with Gasteiger partial charge >= 0.3 is 0 Å². The standard InChI is InChI=1S/C14H15NO2/c1-11-5-4-6-12(9-11)13(16)10-15-8-3-2-7-14(15)17/h2-9,13,16H,10H2,1H3. The van der Waals surface area contributed by atoms with Crippen molar-refractivity contribution in [2.45, 2.75) is 19.6 Å². The molecular formula is C14H15NO2. The molecule has 17 heavy (non-hydrogen) atoms. The Morgan fingerprint density at radius 1 is 1.24 bits per heavy atom. The largest absolute Gasteiger partial charge is 0.387 e. The molecule has 0 radical (unpaired) electrons. The highest BCUT2D eigenvalue weighted by molar-refractivity contribution is 5.24. The molecule has 2 aromatic rings. The monoisotopic (exact) mass is 229 g/mol. The van der Waals surface area contributed by atoms with Crippen LogP contribution in [0.2, 0.25) is 0 Å². The predicted octanol–water partition coefficient (Wildman–Crippen LogP) is 1.89. The van der Waals surface area contributed by atoms with E-state index in [4.69, 9.17) is 0 Å². The molecular weight excluding hydrogens is 214 g/mol. The quantitative estimate of drug-likeness (QED) is 0.873. The molecule has 1 heterocycles. The summed E-state index contributed by atoms with van der Waals surface area (Å²) in [6, 6.07) is 12.6. The summed E-state index contributed by atoms with van der Waals surface area (Å²) in [6.07, 6.45) is 1.02. The number of pyridine rings is 1. The van der Waals surface area contributed by atoms with Crippen molar-refractivity contribution < 1.29 is 5.11 Å². The Bertz CT molecular complexity index is 560. The smallest absolute Gasteiger partial charge is 0.250 e. The van der Waals surface area contributed by atoms with Crippen molar-refractivity contribution in [3.8, 4) is 0 Å². The van der Waals surface area contributed by atoms with Crippen LogP contribution in [-0.4, -0.2) is 9.67 Å². The highest BCUT2D eigenvalue weighted by atomic mass is 16.3. The zero-order valence-corrected chi connectivity index (χ0v) is 9.71. The topological polar surface area (TPSA) is 42.2 Å². The third-order valence-corrected chi connectivity index (χ3v) is 2.70. The summed E-state index contributed by atoms with van der Waals surface area (Å²) in [5.74, 6) is 0. The van der Waals surface area contributed by atoms with Gasteiger partial charge in [0.2, 0.25) is 0 Å². The van der Waals surface area contributed by atoms with E-state index in [-0.39, 0.29) is 12.1 Å². The third kappa shape index (κ3) is 2.82. The molecule has 1 aromatic heterocycles. The van der Waals surface area contributed by atoms with E-state index in [9.17, 15) is 9.90 Å². The van der Waals surface area contributed by atoms with Crippen molar-refractivity contribution in [2.24, 2.45) is 0 Å². The Labute approximate surface area is 100.0 Å². The van der Waals surface area contributed by atoms with Gasteiger partial charge in [0.25, 0.3) is 5.56 Å². The van der Waals surface area contributed by atoms with Gasteiger partial charge in [-0.1, -0.05) is 35.9 Å². The molecule has 3 nitrogen and oxygen atoms in total. The Kier molecular flexibility index (Phi) is 3.40. The molecule has 0 spiro atoms. The lowest BCUT2D eigenvalue weighted by molar-refractivity contribution is 0.155. The first-order chi connectivity index (χ1) is 8.16. The summed E-state index contributed by atoms with van der Waals surface area (Å²) in [7, 11) is 0. The molecule has 0 aliphatic carbocycles. The molecule has 1 N–H and O–H groups in total. The summed E-state index contributed by atoms with van der Waals surface area (Å²) >= 11 is 0. The molecule has 1 aromatic carbocycles. The van der Waals surface area contributed by atoms with Gasteiger partial charge in [-0.25, -0.2) is 0 Å². The first kappa shape index (κ1) is 11.6. The fraction of sp³-hybridized carbons (Fsp3) is 0.214. The predicted molar refractivity (Wildman–Crippen MR) is 66.8 cm³/mol. The average Bonchev–Trinajstić information content (AvgIpc) is 2.32. The SMILES string of the molecule is Cc1cccc(C(O)Cn2ccccc2=O)c1. The maximum atomic E-state index is 11.5. The molecule has 0 saturated carbocycles. The van der Waals surface area contributed by atoms with Crippen LogP contribution in [0.25, 0.3) is 0 Å². The van der Waals surface area contributed by atoms with Crippen LogP contribution >= 0.6 is 0 Å². The van der Waals surface area contributed by atoms with Crippen LogP contribution in [-0.2, 0) is 6.54 Å². The van der Waals surface area contributed by atoms with Gasteiger partial charge in [0.1, 0.15) is 0 Å². The number of rotatable bonds is 3. The Hall–Kier alpha value is -1.87. The van der Waals surface area contributed by atoms with Crippen molar-refractivity contribution >= 4 is 0 Å². The van der Waals surface area contributed by atoms with Gasteiger partial charge in [-0.3, -0.25) is 4.79 Å². The molecule has 0 aliphatic heterocycles. The zero-order chi connectivity index (χ0) is 12.3. The number of aliphatic hydroxyl groups is 1. The van der Waals surface area contributed by atoms with E-state index in [2.05, 4.69) is 0 Å². The Balaban J connectivity index is 2.20. The fourth-order valence-electron chi connectivity index (χ4n) is 1.78. The number of hydrogen-bond acceptors (Lipinski definition) is 2. The van der Waals surface area contributed by atoms with Crippen LogP contribution in [0.1, 0.15) is 17.2 Å². The Morgan fingerprint density at radius 2 is 2.06 bits per heavy atom. The van der Waals surface area contributed by atoms with Gasteiger partial charge in [0.05, 0.1) is 12.6 Å². The Morgan fingerprint density at radius 3 is 2.76 bits per heavy atom. The second kappa shape index (κ2) is 4.97. The fourth-order valence-corrected chi connectivity index (χ4v) is 1.78. The van der Waals surface area contributed by atoms with E-state index in [0.717, 1.165) is 11.1 Å². The summed E-state index contributed by atoms with van der Waals surface area (Å²) in [4.78, 5) is 11.5. The molecule has 0 amide bonds. The van der Waals surface area contributed by atoms with Gasteiger partial charge in [-0.05, 0) is 18.6 Å². The summed E-state index contributed by atoms with van der Waals surface area (Å²) < 4.78 is 1.51. The van der Waals surface area contributed by atoms with E-state index in [1.54, 1.807) is 18.3 Å². The lowest BCUT2D eigenvalue weighted by Gasteiger charge is -2.13. The maximum Gasteiger partial charge on any atom is 0.250 e. The molecule has 2 rings (SSSR count). The van der Waals surface area contributed by atoms with Crippen molar-refractivity contribution in [1.29, 1.82) is 0 Å². The highest BCUT2D eigenvalue weighted by Gasteiger charge is 2.08. The highest BCUT2D eigenvalue weighted by Crippen LogP contribution is 2.15. The van der Waals surface area contributed by atoms with E-state index in [1.165, 1.54) is 10.6 Å². The molecule has 1 unspecified atom stereocenters. The minimum Gasteiger partial charge on any atom is -0.387 e. The van der Waals surface area contributed by atoms with Crippen LogP contribution in [0.15, 0.2) is 53.5 Å². The molecule has 0 fully saturated rings. The average molecular weight is 229 g/mol. The van der Waals surface area contributed by atoms with E-state index >= 15 is 0 Å². The number of aryl methyl sites for hydroxylation is 1. The molecule has 0 saturated heterocycles. The minimum atomic E-state index is -0.657. The lowest BCUT2D eigenvalue weighted by Crippen LogP contribution is -2.21. The first-order valence-corrected chi connectivity index (χ1v) is 5.57. The van der Waals surface area contributed by atoms with Crippen LogP contribution in [0, 0.1) is 6.92 Å². The summed E-state index contributed by atoms with van der Waals surface area (Å²) in [6.45, 7) is 2.26. The van der Waals surface area contributed by atoms with Gasteiger partial charge in [-0.2, -0.15) is 0 Å². The van der Waals surface area contributed by atoms with Crippen LogP contribution in [0.4, 0.5) is 0 Å². The van der Waals surface area contributed by atoms with Crippen molar-refractivity contribution in [1.82, 2.24) is 4.57 Å². The van der Waals surface area contributed by atoms with Crippen molar-refractivity contribution in [2.75, 3.05) is 0 Å². The minimum absolute atomic E-state index is 0.0980. The van der Waals surface area contributed by atoms with Crippen molar-refractivity contribution in [3.05, 3.63) is 70.1 Å². The van der Waals surface area contributed by atoms with E-state index in [1.807, 2.05) is 31.2 Å². The lowest BCUT2D eigenvalue weighted by atomic mass is 10.1. The number of aromatic nitrogens is 1. The number of nitrogens with zero attached hydrogens (tertiary/aromatic N) is 1. The maximum absolute atomic E-state index is 11.5. The van der Waals surface area contributed by atoms with Gasteiger partial charge in [-0.15, -0.1) is 0 Å².